The summed E-state index contributed by atoms with van der Waals surface area (Å²) in [5.41, 5.74) is 1.79. The van der Waals surface area contributed by atoms with Gasteiger partial charge in [-0.15, -0.1) is 0 Å². The van der Waals surface area contributed by atoms with E-state index in [1.807, 2.05) is 13.8 Å². The summed E-state index contributed by atoms with van der Waals surface area (Å²) in [5, 5.41) is 3.91. The first-order chi connectivity index (χ1) is 22.0. The van der Waals surface area contributed by atoms with E-state index in [0.29, 0.717) is 27.8 Å². The minimum atomic E-state index is -4.31. The molecule has 3 aromatic carbocycles. The second-order valence-electron chi connectivity index (χ2n) is 11.4. The number of rotatable bonds is 13. The van der Waals surface area contributed by atoms with Crippen molar-refractivity contribution in [2.75, 3.05) is 25.1 Å². The van der Waals surface area contributed by atoms with Gasteiger partial charge in [-0.05, 0) is 68.1 Å². The maximum Gasteiger partial charge on any atom is 0.264 e. The molecule has 0 bridgehead atoms. The number of anilines is 1. The highest BCUT2D eigenvalue weighted by Gasteiger charge is 2.35. The second-order valence-corrected chi connectivity index (χ2v) is 14.1. The Bertz CT molecular complexity index is 1630. The number of aryl methyl sites for hydroxylation is 1. The summed E-state index contributed by atoms with van der Waals surface area (Å²) in [6, 6.07) is 15.2. The maximum absolute atomic E-state index is 14.4. The van der Waals surface area contributed by atoms with Crippen LogP contribution in [0.4, 0.5) is 5.69 Å². The fourth-order valence-corrected chi connectivity index (χ4v) is 7.54. The van der Waals surface area contributed by atoms with Crippen LogP contribution in [0.2, 0.25) is 10.0 Å². The van der Waals surface area contributed by atoms with Gasteiger partial charge in [0.15, 0.2) is 11.5 Å². The van der Waals surface area contributed by atoms with E-state index in [0.717, 1.165) is 42.0 Å². The number of methoxy groups -OCH3 is 2. The quantitative estimate of drug-likeness (QED) is 0.212. The van der Waals surface area contributed by atoms with Gasteiger partial charge in [-0.2, -0.15) is 0 Å². The van der Waals surface area contributed by atoms with Crippen molar-refractivity contribution in [3.05, 3.63) is 81.8 Å². The Morgan fingerprint density at radius 2 is 1.61 bits per heavy atom. The van der Waals surface area contributed by atoms with Crippen molar-refractivity contribution in [3.8, 4) is 11.5 Å². The van der Waals surface area contributed by atoms with Crippen molar-refractivity contribution in [3.63, 3.8) is 0 Å². The third kappa shape index (κ3) is 8.46. The molecule has 4 rings (SSSR count). The van der Waals surface area contributed by atoms with Gasteiger partial charge in [0.25, 0.3) is 10.0 Å². The average Bonchev–Trinajstić information content (AvgIpc) is 3.04. The number of carbonyl (C=O) groups is 2. The number of hydrogen-bond donors (Lipinski definition) is 1. The second kappa shape index (κ2) is 15.9. The third-order valence-corrected chi connectivity index (χ3v) is 10.6. The molecule has 0 saturated heterocycles. The maximum atomic E-state index is 14.4. The summed E-state index contributed by atoms with van der Waals surface area (Å²) in [7, 11) is -1.44. The number of hydrogen-bond acceptors (Lipinski definition) is 6. The molecule has 1 saturated carbocycles. The van der Waals surface area contributed by atoms with E-state index >= 15 is 0 Å². The topological polar surface area (TPSA) is 105 Å². The molecular weight excluding hydrogens is 649 g/mol. The fourth-order valence-electron chi connectivity index (χ4n) is 5.64. The van der Waals surface area contributed by atoms with Crippen LogP contribution in [0.25, 0.3) is 0 Å². The minimum absolute atomic E-state index is 0.0242. The van der Waals surface area contributed by atoms with Crippen molar-refractivity contribution in [2.24, 2.45) is 0 Å². The van der Waals surface area contributed by atoms with Crippen LogP contribution in [0.5, 0.6) is 11.5 Å². The summed E-state index contributed by atoms with van der Waals surface area (Å²) in [6.45, 7) is 3.12. The van der Waals surface area contributed by atoms with E-state index in [-0.39, 0.29) is 34.8 Å². The summed E-state index contributed by atoms with van der Waals surface area (Å²) < 4.78 is 40.3. The first-order valence-electron chi connectivity index (χ1n) is 15.3. The largest absolute Gasteiger partial charge is 0.493 e. The molecule has 0 aliphatic heterocycles. The van der Waals surface area contributed by atoms with Gasteiger partial charge in [-0.1, -0.05) is 73.2 Å². The van der Waals surface area contributed by atoms with Crippen molar-refractivity contribution in [2.45, 2.75) is 75.9 Å². The molecule has 0 heterocycles. The monoisotopic (exact) mass is 689 g/mol. The molecule has 1 aliphatic carbocycles. The SMILES string of the molecule is CCC(C(=O)NC1CCCCC1)N(Cc1ccc(Cl)cc1Cl)C(=O)CN(c1ccc(C)cc1)S(=O)(=O)c1ccc(OC)c(OC)c1. The fraction of sp³-hybridized carbons (Fsp3) is 0.412. The predicted octanol–water partition coefficient (Wildman–Crippen LogP) is 6.77. The van der Waals surface area contributed by atoms with Gasteiger partial charge in [0.2, 0.25) is 11.8 Å². The molecule has 0 radical (unpaired) electrons. The average molecular weight is 691 g/mol. The van der Waals surface area contributed by atoms with Gasteiger partial charge in [0, 0.05) is 28.7 Å². The Labute approximate surface area is 281 Å². The number of ether oxygens (including phenoxy) is 2. The first kappa shape index (κ1) is 35.4. The zero-order valence-corrected chi connectivity index (χ0v) is 28.9. The number of amides is 2. The van der Waals surface area contributed by atoms with Crippen molar-refractivity contribution < 1.29 is 27.5 Å². The highest BCUT2D eigenvalue weighted by molar-refractivity contribution is 7.92. The Morgan fingerprint density at radius 1 is 0.935 bits per heavy atom. The van der Waals surface area contributed by atoms with Crippen molar-refractivity contribution in [1.82, 2.24) is 10.2 Å². The van der Waals surface area contributed by atoms with Crippen LogP contribution in [0.3, 0.4) is 0 Å². The number of carbonyl (C=O) groups excluding carboxylic acids is 2. The Hall–Kier alpha value is -3.47. The van der Waals surface area contributed by atoms with Crippen LogP contribution in [-0.4, -0.2) is 58.0 Å². The standard InChI is InChI=1S/C34H41Cl2N3O6S/c1-5-30(34(41)37-26-9-7-6-8-10-26)38(21-24-13-14-25(35)19-29(24)36)33(40)22-39(27-15-11-23(2)12-16-27)46(42,43)28-17-18-31(44-3)32(20-28)45-4/h11-20,26,30H,5-10,21-22H2,1-4H3,(H,37,41). The lowest BCUT2D eigenvalue weighted by molar-refractivity contribution is -0.140. The zero-order valence-electron chi connectivity index (χ0n) is 26.6. The molecule has 9 nitrogen and oxygen atoms in total. The van der Waals surface area contributed by atoms with Crippen molar-refractivity contribution in [1.29, 1.82) is 0 Å². The highest BCUT2D eigenvalue weighted by Crippen LogP contribution is 2.33. The lowest BCUT2D eigenvalue weighted by atomic mass is 9.95. The van der Waals surface area contributed by atoms with Crippen LogP contribution in [0.1, 0.15) is 56.6 Å². The lowest BCUT2D eigenvalue weighted by Crippen LogP contribution is -2.54. The van der Waals surface area contributed by atoms with Gasteiger partial charge < -0.3 is 19.7 Å². The molecule has 1 N–H and O–H groups in total. The summed E-state index contributed by atoms with van der Waals surface area (Å²) in [6.07, 6.45) is 5.26. The Morgan fingerprint density at radius 3 is 2.22 bits per heavy atom. The molecule has 3 aromatic rings. The van der Waals surface area contributed by atoms with Crippen LogP contribution < -0.4 is 19.1 Å². The molecular formula is C34H41Cl2N3O6S. The van der Waals surface area contributed by atoms with E-state index in [1.165, 1.54) is 37.3 Å². The number of sulfonamides is 1. The molecule has 12 heteroatoms. The number of benzene rings is 3. The smallest absolute Gasteiger partial charge is 0.264 e. The minimum Gasteiger partial charge on any atom is -0.493 e. The summed E-state index contributed by atoms with van der Waals surface area (Å²) in [5.74, 6) is -0.262. The van der Waals surface area contributed by atoms with Crippen LogP contribution >= 0.6 is 23.2 Å². The van der Waals surface area contributed by atoms with Crippen LogP contribution in [0.15, 0.2) is 65.6 Å². The third-order valence-electron chi connectivity index (χ3n) is 8.24. The summed E-state index contributed by atoms with van der Waals surface area (Å²) in [4.78, 5) is 29.5. The van der Waals surface area contributed by atoms with Gasteiger partial charge in [0.1, 0.15) is 12.6 Å². The molecule has 1 unspecified atom stereocenters. The van der Waals surface area contributed by atoms with E-state index in [2.05, 4.69) is 5.32 Å². The van der Waals surface area contributed by atoms with E-state index in [4.69, 9.17) is 32.7 Å². The number of nitrogens with zero attached hydrogens (tertiary/aromatic N) is 2. The molecule has 2 amide bonds. The molecule has 46 heavy (non-hydrogen) atoms. The Kier molecular flexibility index (Phi) is 12.2. The van der Waals surface area contributed by atoms with E-state index < -0.39 is 28.5 Å². The number of nitrogens with one attached hydrogen (secondary N) is 1. The molecule has 1 fully saturated rings. The normalized spacial score (nSPS) is 14.3. The molecule has 0 spiro atoms. The molecule has 1 atom stereocenters. The van der Waals surface area contributed by atoms with Gasteiger partial charge in [0.05, 0.1) is 24.8 Å². The summed E-state index contributed by atoms with van der Waals surface area (Å²) >= 11 is 12.7. The molecule has 248 valence electrons. The van der Waals surface area contributed by atoms with Gasteiger partial charge >= 0.3 is 0 Å². The number of halogens is 2. The Balaban J connectivity index is 1.75. The zero-order chi connectivity index (χ0) is 33.4. The van der Waals surface area contributed by atoms with Crippen LogP contribution in [0, 0.1) is 6.92 Å². The predicted molar refractivity (Wildman–Crippen MR) is 181 cm³/mol. The molecule has 1 aliphatic rings. The van der Waals surface area contributed by atoms with E-state index in [1.54, 1.807) is 42.5 Å². The van der Waals surface area contributed by atoms with Crippen molar-refractivity contribution >= 4 is 50.7 Å². The van der Waals surface area contributed by atoms with E-state index in [9.17, 15) is 18.0 Å². The first-order valence-corrected chi connectivity index (χ1v) is 17.5. The van der Waals surface area contributed by atoms with Gasteiger partial charge in [-0.3, -0.25) is 13.9 Å². The molecule has 0 aromatic heterocycles. The van der Waals surface area contributed by atoms with Crippen LogP contribution in [-0.2, 0) is 26.2 Å². The highest BCUT2D eigenvalue weighted by atomic mass is 35.5. The lowest BCUT2D eigenvalue weighted by Gasteiger charge is -2.34. The van der Waals surface area contributed by atoms with Gasteiger partial charge in [-0.25, -0.2) is 8.42 Å².